The van der Waals surface area contributed by atoms with Crippen LogP contribution in [0.4, 0.5) is 11.4 Å². The fourth-order valence-corrected chi connectivity index (χ4v) is 2.71. The third kappa shape index (κ3) is 2.50. The number of rotatable bonds is 2. The van der Waals surface area contributed by atoms with Crippen molar-refractivity contribution in [2.24, 2.45) is 0 Å². The van der Waals surface area contributed by atoms with E-state index in [1.54, 1.807) is 6.07 Å². The number of hydrogen-bond donors (Lipinski definition) is 2. The second-order valence-electron chi connectivity index (χ2n) is 5.08. The minimum Gasteiger partial charge on any atom is -0.508 e. The lowest BCUT2D eigenvalue weighted by atomic mass is 10.0. The molecule has 0 radical (unpaired) electrons. The third-order valence-electron chi connectivity index (χ3n) is 3.61. The van der Waals surface area contributed by atoms with Gasteiger partial charge in [-0.1, -0.05) is 18.2 Å². The lowest BCUT2D eigenvalue weighted by Gasteiger charge is -2.31. The van der Waals surface area contributed by atoms with E-state index in [0.717, 1.165) is 37.2 Å². The normalized spacial score (nSPS) is 14.2. The molecule has 0 aliphatic carbocycles. The summed E-state index contributed by atoms with van der Waals surface area (Å²) in [4.78, 5) is 2.34. The van der Waals surface area contributed by atoms with Gasteiger partial charge in [0.25, 0.3) is 0 Å². The first-order valence-electron chi connectivity index (χ1n) is 6.63. The van der Waals surface area contributed by atoms with Gasteiger partial charge < -0.3 is 15.7 Å². The quantitative estimate of drug-likeness (QED) is 0.810. The summed E-state index contributed by atoms with van der Waals surface area (Å²) in [6.45, 7) is 1.84. The molecule has 3 N–H and O–H groups in total. The molecule has 19 heavy (non-hydrogen) atoms. The Kier molecular flexibility index (Phi) is 3.03. The molecule has 0 amide bonds. The molecule has 1 aliphatic heterocycles. The maximum atomic E-state index is 9.54. The highest BCUT2D eigenvalue weighted by Crippen LogP contribution is 2.30. The van der Waals surface area contributed by atoms with Gasteiger partial charge >= 0.3 is 0 Å². The number of phenolic OH excluding ortho intramolecular Hbond substituents is 1. The molecule has 98 valence electrons. The average molecular weight is 254 g/mol. The van der Waals surface area contributed by atoms with E-state index >= 15 is 0 Å². The topological polar surface area (TPSA) is 49.5 Å². The molecule has 0 fully saturated rings. The second-order valence-corrected chi connectivity index (χ2v) is 5.08. The highest BCUT2D eigenvalue weighted by atomic mass is 16.3. The Bertz CT molecular complexity index is 595. The van der Waals surface area contributed by atoms with E-state index in [4.69, 9.17) is 5.73 Å². The average Bonchev–Trinajstić information content (AvgIpc) is 2.39. The van der Waals surface area contributed by atoms with Crippen LogP contribution in [-0.2, 0) is 13.0 Å². The zero-order valence-corrected chi connectivity index (χ0v) is 10.8. The standard InChI is InChI=1S/C16H18N2O/c17-14-7-6-13-4-2-8-18(16(13)10-14)11-12-3-1-5-15(19)9-12/h1,3,5-7,9-10,19H,2,4,8,11,17H2. The Balaban J connectivity index is 1.89. The molecule has 3 heteroatoms. The van der Waals surface area contributed by atoms with Crippen LogP contribution in [0.15, 0.2) is 42.5 Å². The summed E-state index contributed by atoms with van der Waals surface area (Å²) >= 11 is 0. The van der Waals surface area contributed by atoms with E-state index in [1.165, 1.54) is 11.3 Å². The molecule has 0 saturated heterocycles. The van der Waals surface area contributed by atoms with Crippen molar-refractivity contribution >= 4 is 11.4 Å². The molecule has 1 aliphatic rings. The first-order valence-corrected chi connectivity index (χ1v) is 6.63. The highest BCUT2D eigenvalue weighted by Gasteiger charge is 2.17. The Labute approximate surface area is 113 Å². The lowest BCUT2D eigenvalue weighted by molar-refractivity contribution is 0.474. The molecule has 3 nitrogen and oxygen atoms in total. The summed E-state index contributed by atoms with van der Waals surface area (Å²) in [7, 11) is 0. The van der Waals surface area contributed by atoms with Crippen LogP contribution >= 0.6 is 0 Å². The van der Waals surface area contributed by atoms with Crippen molar-refractivity contribution in [1.29, 1.82) is 0 Å². The first-order chi connectivity index (χ1) is 9.22. The monoisotopic (exact) mass is 254 g/mol. The van der Waals surface area contributed by atoms with Gasteiger partial charge in [0.2, 0.25) is 0 Å². The summed E-state index contributed by atoms with van der Waals surface area (Å²) < 4.78 is 0. The Hall–Kier alpha value is -2.16. The van der Waals surface area contributed by atoms with Crippen LogP contribution in [-0.4, -0.2) is 11.7 Å². The molecule has 1 heterocycles. The van der Waals surface area contributed by atoms with Gasteiger partial charge in [0.05, 0.1) is 0 Å². The van der Waals surface area contributed by atoms with Gasteiger partial charge in [0.15, 0.2) is 0 Å². The number of fused-ring (bicyclic) bond motifs is 1. The van der Waals surface area contributed by atoms with E-state index in [2.05, 4.69) is 17.0 Å². The zero-order chi connectivity index (χ0) is 13.2. The van der Waals surface area contributed by atoms with E-state index in [9.17, 15) is 5.11 Å². The lowest BCUT2D eigenvalue weighted by Crippen LogP contribution is -2.28. The summed E-state index contributed by atoms with van der Waals surface area (Å²) in [6, 6.07) is 13.6. The maximum Gasteiger partial charge on any atom is 0.115 e. The fraction of sp³-hybridized carbons (Fsp3) is 0.250. The van der Waals surface area contributed by atoms with Crippen LogP contribution in [0.2, 0.25) is 0 Å². The SMILES string of the molecule is Nc1ccc2c(c1)N(Cc1cccc(O)c1)CCC2. The number of aryl methyl sites for hydroxylation is 1. The van der Waals surface area contributed by atoms with Crippen molar-refractivity contribution in [3.05, 3.63) is 53.6 Å². The molecule has 0 saturated carbocycles. The zero-order valence-electron chi connectivity index (χ0n) is 10.8. The number of nitrogen functional groups attached to an aromatic ring is 1. The van der Waals surface area contributed by atoms with Crippen LogP contribution in [0.3, 0.4) is 0 Å². The number of anilines is 2. The van der Waals surface area contributed by atoms with Gasteiger partial charge in [-0.3, -0.25) is 0 Å². The van der Waals surface area contributed by atoms with Gasteiger partial charge in [-0.25, -0.2) is 0 Å². The molecule has 0 bridgehead atoms. The molecule has 2 aromatic carbocycles. The van der Waals surface area contributed by atoms with Crippen LogP contribution in [0.1, 0.15) is 17.5 Å². The Morgan fingerprint density at radius 2 is 2.05 bits per heavy atom. The summed E-state index contributed by atoms with van der Waals surface area (Å²) in [5.74, 6) is 0.322. The molecule has 2 aromatic rings. The highest BCUT2D eigenvalue weighted by molar-refractivity contribution is 5.62. The maximum absolute atomic E-state index is 9.54. The molecular weight excluding hydrogens is 236 g/mol. The Morgan fingerprint density at radius 1 is 1.16 bits per heavy atom. The molecule has 0 aromatic heterocycles. The third-order valence-corrected chi connectivity index (χ3v) is 3.61. The summed E-state index contributed by atoms with van der Waals surface area (Å²) in [5, 5.41) is 9.54. The number of nitrogens with two attached hydrogens (primary N) is 1. The predicted molar refractivity (Wildman–Crippen MR) is 78.3 cm³/mol. The van der Waals surface area contributed by atoms with Gasteiger partial charge in [0.1, 0.15) is 5.75 Å². The number of nitrogens with zero attached hydrogens (tertiary/aromatic N) is 1. The number of phenols is 1. The van der Waals surface area contributed by atoms with Crippen LogP contribution < -0.4 is 10.6 Å². The predicted octanol–water partition coefficient (Wildman–Crippen LogP) is 2.93. The second kappa shape index (κ2) is 4.84. The minimum atomic E-state index is 0.322. The molecule has 0 spiro atoms. The van der Waals surface area contributed by atoms with E-state index < -0.39 is 0 Å². The molecule has 0 atom stereocenters. The molecular formula is C16H18N2O. The van der Waals surface area contributed by atoms with E-state index in [0.29, 0.717) is 5.75 Å². The van der Waals surface area contributed by atoms with Crippen molar-refractivity contribution in [1.82, 2.24) is 0 Å². The van der Waals surface area contributed by atoms with Gasteiger partial charge in [0, 0.05) is 24.5 Å². The van der Waals surface area contributed by atoms with Crippen molar-refractivity contribution in [3.63, 3.8) is 0 Å². The fourth-order valence-electron chi connectivity index (χ4n) is 2.71. The van der Waals surface area contributed by atoms with E-state index in [1.807, 2.05) is 24.3 Å². The van der Waals surface area contributed by atoms with Crippen molar-refractivity contribution in [2.45, 2.75) is 19.4 Å². The first kappa shape index (κ1) is 11.9. The number of benzene rings is 2. The van der Waals surface area contributed by atoms with E-state index in [-0.39, 0.29) is 0 Å². The van der Waals surface area contributed by atoms with Crippen molar-refractivity contribution in [2.75, 3.05) is 17.2 Å². The molecule has 0 unspecified atom stereocenters. The minimum absolute atomic E-state index is 0.322. The summed E-state index contributed by atoms with van der Waals surface area (Å²) in [5.41, 5.74) is 10.4. The van der Waals surface area contributed by atoms with Crippen LogP contribution in [0.5, 0.6) is 5.75 Å². The van der Waals surface area contributed by atoms with Crippen LogP contribution in [0, 0.1) is 0 Å². The Morgan fingerprint density at radius 3 is 2.89 bits per heavy atom. The van der Waals surface area contributed by atoms with Crippen molar-refractivity contribution < 1.29 is 5.11 Å². The van der Waals surface area contributed by atoms with Gasteiger partial charge in [-0.15, -0.1) is 0 Å². The van der Waals surface area contributed by atoms with Crippen LogP contribution in [0.25, 0.3) is 0 Å². The van der Waals surface area contributed by atoms with Gasteiger partial charge in [-0.05, 0) is 48.2 Å². The number of aromatic hydroxyl groups is 1. The summed E-state index contributed by atoms with van der Waals surface area (Å²) in [6.07, 6.45) is 2.28. The largest absolute Gasteiger partial charge is 0.508 e. The number of hydrogen-bond acceptors (Lipinski definition) is 3. The van der Waals surface area contributed by atoms with Gasteiger partial charge in [-0.2, -0.15) is 0 Å². The van der Waals surface area contributed by atoms with Crippen molar-refractivity contribution in [3.8, 4) is 5.75 Å². The molecule has 3 rings (SSSR count). The smallest absolute Gasteiger partial charge is 0.115 e.